The minimum absolute atomic E-state index is 0.178. The predicted octanol–water partition coefficient (Wildman–Crippen LogP) is 0.984. The van der Waals surface area contributed by atoms with Crippen LogP contribution >= 0.6 is 0 Å². The maximum absolute atomic E-state index is 12.1. The summed E-state index contributed by atoms with van der Waals surface area (Å²) in [5.41, 5.74) is -1.43. The molecule has 2 atom stereocenters. The molecule has 2 aliphatic rings. The number of piperidine rings is 1. The van der Waals surface area contributed by atoms with Crippen molar-refractivity contribution in [2.45, 2.75) is 57.7 Å². The van der Waals surface area contributed by atoms with Crippen LogP contribution in [0.25, 0.3) is 0 Å². The minimum atomic E-state index is -0.880. The molecule has 2 unspecified atom stereocenters. The molecule has 4 amide bonds. The highest BCUT2D eigenvalue weighted by molar-refractivity contribution is 6.07. The molecule has 2 heterocycles. The molecular formula is C13H21N3O4. The summed E-state index contributed by atoms with van der Waals surface area (Å²) in [6, 6.07) is -0.643. The molecule has 2 fully saturated rings. The average molecular weight is 283 g/mol. The van der Waals surface area contributed by atoms with Gasteiger partial charge >= 0.3 is 12.1 Å². The minimum Gasteiger partial charge on any atom is -0.444 e. The molecule has 1 spiro atoms. The van der Waals surface area contributed by atoms with E-state index >= 15 is 0 Å². The third-order valence-electron chi connectivity index (χ3n) is 3.60. The van der Waals surface area contributed by atoms with Gasteiger partial charge in [-0.2, -0.15) is 0 Å². The second kappa shape index (κ2) is 4.64. The number of imide groups is 1. The highest BCUT2D eigenvalue weighted by atomic mass is 16.6. The summed E-state index contributed by atoms with van der Waals surface area (Å²) in [5.74, 6) is -0.307. The molecule has 20 heavy (non-hydrogen) atoms. The summed E-state index contributed by atoms with van der Waals surface area (Å²) in [4.78, 5) is 36.9. The van der Waals surface area contributed by atoms with Crippen LogP contribution in [0, 0.1) is 0 Å². The van der Waals surface area contributed by atoms with Crippen LogP contribution in [0.3, 0.4) is 0 Å². The molecule has 112 valence electrons. The van der Waals surface area contributed by atoms with Gasteiger partial charge in [0.25, 0.3) is 5.91 Å². The Hall–Kier alpha value is -1.79. The SMILES string of the molecule is CC1CC2(CCN1C(=O)OC(C)(C)C)NC(=O)NC2=O. The number of ether oxygens (including phenoxy) is 1. The van der Waals surface area contributed by atoms with Crippen molar-refractivity contribution in [2.75, 3.05) is 6.54 Å². The molecule has 0 saturated carbocycles. The second-order valence-electron chi connectivity index (χ2n) is 6.47. The van der Waals surface area contributed by atoms with Crippen molar-refractivity contribution >= 4 is 18.0 Å². The zero-order chi connectivity index (χ0) is 15.1. The third kappa shape index (κ3) is 2.71. The molecule has 2 aliphatic heterocycles. The number of hydrogen-bond acceptors (Lipinski definition) is 4. The van der Waals surface area contributed by atoms with Gasteiger partial charge in [-0.25, -0.2) is 9.59 Å². The highest BCUT2D eigenvalue weighted by Gasteiger charge is 2.51. The van der Waals surface area contributed by atoms with Crippen molar-refractivity contribution < 1.29 is 19.1 Å². The molecule has 2 N–H and O–H groups in total. The lowest BCUT2D eigenvalue weighted by Gasteiger charge is -2.41. The fourth-order valence-corrected chi connectivity index (χ4v) is 2.69. The molecule has 2 rings (SSSR count). The maximum Gasteiger partial charge on any atom is 0.410 e. The molecule has 0 aliphatic carbocycles. The summed E-state index contributed by atoms with van der Waals surface area (Å²) in [5, 5.41) is 4.94. The lowest BCUT2D eigenvalue weighted by molar-refractivity contribution is -0.126. The molecular weight excluding hydrogens is 262 g/mol. The summed E-state index contributed by atoms with van der Waals surface area (Å²) < 4.78 is 5.35. The van der Waals surface area contributed by atoms with Crippen molar-refractivity contribution in [3.05, 3.63) is 0 Å². The van der Waals surface area contributed by atoms with Crippen LogP contribution in [-0.2, 0) is 9.53 Å². The molecule has 0 aromatic heterocycles. The fraction of sp³-hybridized carbons (Fsp3) is 0.769. The molecule has 7 heteroatoms. The molecule has 0 bridgehead atoms. The number of carbonyl (C=O) groups is 3. The van der Waals surface area contributed by atoms with E-state index in [1.807, 2.05) is 27.7 Å². The Bertz CT molecular complexity index is 457. The monoisotopic (exact) mass is 283 g/mol. The van der Waals surface area contributed by atoms with Crippen LogP contribution in [0.15, 0.2) is 0 Å². The summed E-state index contributed by atoms with van der Waals surface area (Å²) in [6.45, 7) is 7.66. The summed E-state index contributed by atoms with van der Waals surface area (Å²) in [6.07, 6.45) is 0.405. The Balaban J connectivity index is 2.05. The second-order valence-corrected chi connectivity index (χ2v) is 6.47. The Kier molecular flexibility index (Phi) is 3.39. The van der Waals surface area contributed by atoms with E-state index in [0.717, 1.165) is 0 Å². The smallest absolute Gasteiger partial charge is 0.410 e. The first kappa shape index (κ1) is 14.6. The Morgan fingerprint density at radius 3 is 2.50 bits per heavy atom. The lowest BCUT2D eigenvalue weighted by atomic mass is 9.84. The van der Waals surface area contributed by atoms with Gasteiger partial charge in [0.05, 0.1) is 0 Å². The number of carbonyl (C=O) groups excluding carboxylic acids is 3. The average Bonchev–Trinajstić information content (AvgIpc) is 2.50. The van der Waals surface area contributed by atoms with Crippen LogP contribution in [0.4, 0.5) is 9.59 Å². The van der Waals surface area contributed by atoms with E-state index in [-0.39, 0.29) is 18.0 Å². The van der Waals surface area contributed by atoms with Crippen LogP contribution in [0.1, 0.15) is 40.5 Å². The first-order valence-electron chi connectivity index (χ1n) is 6.76. The molecule has 0 aromatic carbocycles. The van der Waals surface area contributed by atoms with E-state index in [1.54, 1.807) is 4.90 Å². The van der Waals surface area contributed by atoms with E-state index in [4.69, 9.17) is 4.74 Å². The Labute approximate surface area is 118 Å². The lowest BCUT2D eigenvalue weighted by Crippen LogP contribution is -2.59. The van der Waals surface area contributed by atoms with Gasteiger partial charge in [-0.3, -0.25) is 10.1 Å². The molecule has 0 radical (unpaired) electrons. The van der Waals surface area contributed by atoms with Crippen molar-refractivity contribution in [3.63, 3.8) is 0 Å². The van der Waals surface area contributed by atoms with Crippen molar-refractivity contribution in [1.29, 1.82) is 0 Å². The number of hydrogen-bond donors (Lipinski definition) is 2. The highest BCUT2D eigenvalue weighted by Crippen LogP contribution is 2.30. The standard InChI is InChI=1S/C13H21N3O4/c1-8-7-13(9(17)14-10(18)15-13)5-6-16(8)11(19)20-12(2,3)4/h8H,5-7H2,1-4H3,(H2,14,15,17,18). The Morgan fingerprint density at radius 2 is 2.05 bits per heavy atom. The Morgan fingerprint density at radius 1 is 1.40 bits per heavy atom. The first-order chi connectivity index (χ1) is 9.13. The third-order valence-corrected chi connectivity index (χ3v) is 3.60. The van der Waals surface area contributed by atoms with Crippen molar-refractivity contribution in [3.8, 4) is 0 Å². The zero-order valence-corrected chi connectivity index (χ0v) is 12.3. The van der Waals surface area contributed by atoms with E-state index in [2.05, 4.69) is 10.6 Å². The van der Waals surface area contributed by atoms with E-state index in [9.17, 15) is 14.4 Å². The van der Waals surface area contributed by atoms with Gasteiger partial charge in [0.15, 0.2) is 0 Å². The number of urea groups is 1. The topological polar surface area (TPSA) is 87.7 Å². The van der Waals surface area contributed by atoms with Gasteiger partial charge in [-0.15, -0.1) is 0 Å². The quantitative estimate of drug-likeness (QED) is 0.649. The van der Waals surface area contributed by atoms with Crippen LogP contribution < -0.4 is 10.6 Å². The van der Waals surface area contributed by atoms with Gasteiger partial charge in [-0.05, 0) is 40.5 Å². The number of amides is 4. The fourth-order valence-electron chi connectivity index (χ4n) is 2.69. The number of rotatable bonds is 0. The van der Waals surface area contributed by atoms with Crippen LogP contribution in [-0.4, -0.2) is 46.7 Å². The normalized spacial score (nSPS) is 30.2. The van der Waals surface area contributed by atoms with Gasteiger partial charge in [0, 0.05) is 12.6 Å². The first-order valence-corrected chi connectivity index (χ1v) is 6.76. The van der Waals surface area contributed by atoms with E-state index in [1.165, 1.54) is 0 Å². The van der Waals surface area contributed by atoms with Crippen molar-refractivity contribution in [2.24, 2.45) is 0 Å². The molecule has 2 saturated heterocycles. The predicted molar refractivity (Wildman–Crippen MR) is 71.0 cm³/mol. The van der Waals surface area contributed by atoms with E-state index in [0.29, 0.717) is 19.4 Å². The van der Waals surface area contributed by atoms with Crippen LogP contribution in [0.2, 0.25) is 0 Å². The van der Waals surface area contributed by atoms with Gasteiger partial charge < -0.3 is 15.0 Å². The number of nitrogens with one attached hydrogen (secondary N) is 2. The summed E-state index contributed by atoms with van der Waals surface area (Å²) >= 11 is 0. The maximum atomic E-state index is 12.1. The zero-order valence-electron chi connectivity index (χ0n) is 12.3. The van der Waals surface area contributed by atoms with Crippen molar-refractivity contribution in [1.82, 2.24) is 15.5 Å². The van der Waals surface area contributed by atoms with Gasteiger partial charge in [-0.1, -0.05) is 0 Å². The molecule has 7 nitrogen and oxygen atoms in total. The van der Waals surface area contributed by atoms with Gasteiger partial charge in [0.1, 0.15) is 11.1 Å². The largest absolute Gasteiger partial charge is 0.444 e. The summed E-state index contributed by atoms with van der Waals surface area (Å²) in [7, 11) is 0. The van der Waals surface area contributed by atoms with Crippen LogP contribution in [0.5, 0.6) is 0 Å². The number of likely N-dealkylation sites (tertiary alicyclic amines) is 1. The van der Waals surface area contributed by atoms with E-state index < -0.39 is 17.2 Å². The number of nitrogens with zero attached hydrogens (tertiary/aromatic N) is 1. The van der Waals surface area contributed by atoms with Gasteiger partial charge in [0.2, 0.25) is 0 Å². The molecule has 0 aromatic rings.